The molecule has 3 amide bonds. The topological polar surface area (TPSA) is 103 Å². The van der Waals surface area contributed by atoms with Gasteiger partial charge in [-0.15, -0.1) is 0 Å². The number of hydrogen-bond acceptors (Lipinski definition) is 7. The minimum atomic E-state index is -0.875. The molecule has 226 valence electrons. The standard InChI is InChI=1S/C30H36F2N4O6/c1-30(2,3)42-29(40)36-12-10-33(9-11-35(36)28(39)41-18-19-7-5-4-6-8-19)26-24(31)13-21(14-25(26)32)34-16-20(17-37)22-15-23(22)27(34)38/h4-8,13-14,20,22-23,37H,9-12,15-18H2,1-3H3/t20-,22+,23?/m1/s1. The molecule has 12 heteroatoms. The highest BCUT2D eigenvalue weighted by atomic mass is 19.1. The van der Waals surface area contributed by atoms with Gasteiger partial charge in [0.1, 0.15) is 17.9 Å². The van der Waals surface area contributed by atoms with E-state index in [1.54, 1.807) is 32.9 Å². The lowest BCUT2D eigenvalue weighted by Crippen LogP contribution is -2.52. The molecule has 3 aliphatic rings. The maximum atomic E-state index is 15.6. The first-order valence-corrected chi connectivity index (χ1v) is 14.1. The molecule has 0 radical (unpaired) electrons. The normalized spacial score (nSPS) is 22.4. The number of anilines is 2. The van der Waals surface area contributed by atoms with E-state index in [0.29, 0.717) is 6.42 Å². The average Bonchev–Trinajstić information content (AvgIpc) is 3.76. The van der Waals surface area contributed by atoms with Crippen LogP contribution in [0.1, 0.15) is 32.8 Å². The van der Waals surface area contributed by atoms with Crippen LogP contribution in [0.25, 0.3) is 0 Å². The maximum absolute atomic E-state index is 15.6. The largest absolute Gasteiger partial charge is 0.443 e. The molecular formula is C30H36F2N4O6. The molecule has 1 unspecified atom stereocenters. The number of hydrazine groups is 1. The summed E-state index contributed by atoms with van der Waals surface area (Å²) in [7, 11) is 0. The zero-order valence-electron chi connectivity index (χ0n) is 24.0. The van der Waals surface area contributed by atoms with Crippen LogP contribution in [0.15, 0.2) is 42.5 Å². The molecule has 1 aliphatic carbocycles. The van der Waals surface area contributed by atoms with Crippen LogP contribution < -0.4 is 9.80 Å². The van der Waals surface area contributed by atoms with Gasteiger partial charge in [-0.1, -0.05) is 30.3 Å². The molecule has 42 heavy (non-hydrogen) atoms. The van der Waals surface area contributed by atoms with Crippen LogP contribution in [-0.4, -0.2) is 78.1 Å². The summed E-state index contributed by atoms with van der Waals surface area (Å²) >= 11 is 0. The second-order valence-corrected chi connectivity index (χ2v) is 11.9. The highest BCUT2D eigenvalue weighted by Crippen LogP contribution is 2.50. The number of fused-ring (bicyclic) bond motifs is 1. The van der Waals surface area contributed by atoms with Gasteiger partial charge in [0, 0.05) is 43.8 Å². The summed E-state index contributed by atoms with van der Waals surface area (Å²) in [4.78, 5) is 41.8. The summed E-state index contributed by atoms with van der Waals surface area (Å²) < 4.78 is 42.1. The molecule has 3 fully saturated rings. The minimum Gasteiger partial charge on any atom is -0.443 e. The van der Waals surface area contributed by atoms with E-state index >= 15 is 8.78 Å². The Kier molecular flexibility index (Phi) is 8.27. The third kappa shape index (κ3) is 6.28. The van der Waals surface area contributed by atoms with Crippen molar-refractivity contribution in [2.24, 2.45) is 17.8 Å². The number of halogens is 2. The van der Waals surface area contributed by atoms with Gasteiger partial charge in [-0.05, 0) is 50.8 Å². The Morgan fingerprint density at radius 1 is 0.976 bits per heavy atom. The smallest absolute Gasteiger partial charge is 0.429 e. The number of rotatable bonds is 5. The van der Waals surface area contributed by atoms with Gasteiger partial charge in [-0.2, -0.15) is 0 Å². The van der Waals surface area contributed by atoms with Crippen LogP contribution in [0, 0.1) is 29.4 Å². The SMILES string of the molecule is CC(C)(C)OC(=O)N1CCN(c2c(F)cc(N3C[C@H](CO)[C@@H]4CC4C3=O)cc2F)CCN1C(=O)OCc1ccccc1. The fourth-order valence-corrected chi connectivity index (χ4v) is 5.61. The van der Waals surface area contributed by atoms with E-state index in [1.807, 2.05) is 18.2 Å². The molecule has 2 aromatic carbocycles. The van der Waals surface area contributed by atoms with Gasteiger partial charge < -0.3 is 24.4 Å². The van der Waals surface area contributed by atoms with E-state index in [2.05, 4.69) is 0 Å². The van der Waals surface area contributed by atoms with Crippen molar-refractivity contribution in [2.45, 2.75) is 39.4 Å². The van der Waals surface area contributed by atoms with E-state index < -0.39 is 29.4 Å². The molecule has 1 saturated carbocycles. The average molecular weight is 587 g/mol. The Hall–Kier alpha value is -3.93. The summed E-state index contributed by atoms with van der Waals surface area (Å²) in [5.41, 5.74) is -0.322. The van der Waals surface area contributed by atoms with Crippen molar-refractivity contribution in [1.29, 1.82) is 0 Å². The summed E-state index contributed by atoms with van der Waals surface area (Å²) in [5, 5.41) is 11.9. The summed E-state index contributed by atoms with van der Waals surface area (Å²) in [6, 6.07) is 11.3. The summed E-state index contributed by atoms with van der Waals surface area (Å²) in [6.45, 7) is 4.92. The van der Waals surface area contributed by atoms with Gasteiger partial charge in [-0.3, -0.25) is 4.79 Å². The van der Waals surface area contributed by atoms with Crippen LogP contribution in [0.2, 0.25) is 0 Å². The molecule has 2 saturated heterocycles. The Labute approximate surface area is 243 Å². The van der Waals surface area contributed by atoms with Crippen molar-refractivity contribution in [3.8, 4) is 0 Å². The first-order chi connectivity index (χ1) is 20.0. The van der Waals surface area contributed by atoms with E-state index in [0.717, 1.165) is 27.7 Å². The van der Waals surface area contributed by atoms with Crippen molar-refractivity contribution in [3.63, 3.8) is 0 Å². The predicted octanol–water partition coefficient (Wildman–Crippen LogP) is 4.17. The predicted molar refractivity (Wildman–Crippen MR) is 149 cm³/mol. The molecule has 2 heterocycles. The van der Waals surface area contributed by atoms with E-state index in [9.17, 15) is 19.5 Å². The number of aliphatic hydroxyl groups excluding tert-OH is 1. The van der Waals surface area contributed by atoms with Crippen molar-refractivity contribution in [1.82, 2.24) is 10.0 Å². The van der Waals surface area contributed by atoms with Gasteiger partial charge in [0.2, 0.25) is 5.91 Å². The van der Waals surface area contributed by atoms with Crippen LogP contribution in [0.3, 0.4) is 0 Å². The molecule has 2 aliphatic heterocycles. The first kappa shape index (κ1) is 29.6. The number of carbonyl (C=O) groups excluding carboxylic acids is 3. The number of aliphatic hydroxyl groups is 1. The fourth-order valence-electron chi connectivity index (χ4n) is 5.61. The zero-order valence-corrected chi connectivity index (χ0v) is 24.0. The Bertz CT molecular complexity index is 1310. The highest BCUT2D eigenvalue weighted by Gasteiger charge is 2.53. The number of amides is 3. The molecule has 10 nitrogen and oxygen atoms in total. The summed E-state index contributed by atoms with van der Waals surface area (Å²) in [6.07, 6.45) is -0.920. The fraction of sp³-hybridized carbons (Fsp3) is 0.500. The number of benzene rings is 2. The van der Waals surface area contributed by atoms with Crippen molar-refractivity contribution in [3.05, 3.63) is 59.7 Å². The Balaban J connectivity index is 1.35. The number of ether oxygens (including phenoxy) is 2. The second-order valence-electron chi connectivity index (χ2n) is 11.9. The van der Waals surface area contributed by atoms with Crippen molar-refractivity contribution < 1.29 is 37.7 Å². The molecule has 0 bridgehead atoms. The number of piperidine rings is 1. The van der Waals surface area contributed by atoms with E-state index in [1.165, 1.54) is 9.80 Å². The van der Waals surface area contributed by atoms with E-state index in [-0.39, 0.29) is 81.0 Å². The molecular weight excluding hydrogens is 550 g/mol. The van der Waals surface area contributed by atoms with Crippen LogP contribution >= 0.6 is 0 Å². The Morgan fingerprint density at radius 2 is 1.60 bits per heavy atom. The molecule has 1 N–H and O–H groups in total. The van der Waals surface area contributed by atoms with Crippen molar-refractivity contribution in [2.75, 3.05) is 49.1 Å². The zero-order chi connectivity index (χ0) is 30.2. The monoisotopic (exact) mass is 586 g/mol. The molecule has 0 spiro atoms. The van der Waals surface area contributed by atoms with Gasteiger partial charge in [-0.25, -0.2) is 28.4 Å². The highest BCUT2D eigenvalue weighted by molar-refractivity contribution is 5.98. The third-order valence-corrected chi connectivity index (χ3v) is 7.78. The number of carbonyl (C=O) groups is 3. The van der Waals surface area contributed by atoms with Crippen LogP contribution in [0.4, 0.5) is 29.7 Å². The number of hydrogen-bond donors (Lipinski definition) is 1. The van der Waals surface area contributed by atoms with Gasteiger partial charge in [0.05, 0.1) is 13.1 Å². The number of nitrogens with zero attached hydrogens (tertiary/aromatic N) is 4. The molecule has 3 atom stereocenters. The lowest BCUT2D eigenvalue weighted by Gasteiger charge is -2.33. The van der Waals surface area contributed by atoms with Crippen LogP contribution in [-0.2, 0) is 20.9 Å². The van der Waals surface area contributed by atoms with Crippen molar-refractivity contribution >= 4 is 29.5 Å². The van der Waals surface area contributed by atoms with Gasteiger partial charge >= 0.3 is 12.2 Å². The quantitative estimate of drug-likeness (QED) is 0.561. The Morgan fingerprint density at radius 3 is 2.19 bits per heavy atom. The summed E-state index contributed by atoms with van der Waals surface area (Å²) in [5.74, 6) is -2.17. The van der Waals surface area contributed by atoms with E-state index in [4.69, 9.17) is 9.47 Å². The van der Waals surface area contributed by atoms with Gasteiger partial charge in [0.15, 0.2) is 11.6 Å². The molecule has 0 aromatic heterocycles. The minimum absolute atomic E-state index is 0.00607. The van der Waals surface area contributed by atoms with Gasteiger partial charge in [0.25, 0.3) is 0 Å². The molecule has 2 aromatic rings. The lowest BCUT2D eigenvalue weighted by molar-refractivity contribution is -0.121. The first-order valence-electron chi connectivity index (χ1n) is 14.1. The third-order valence-electron chi connectivity index (χ3n) is 7.78. The van der Waals surface area contributed by atoms with Crippen LogP contribution in [0.5, 0.6) is 0 Å². The maximum Gasteiger partial charge on any atom is 0.429 e. The second kappa shape index (κ2) is 11.7. The molecule has 5 rings (SSSR count). The lowest BCUT2D eigenvalue weighted by atomic mass is 9.97.